The van der Waals surface area contributed by atoms with Crippen LogP contribution in [0.2, 0.25) is 5.02 Å². The van der Waals surface area contributed by atoms with Crippen molar-refractivity contribution in [1.82, 2.24) is 9.55 Å². The number of amides is 2. The summed E-state index contributed by atoms with van der Waals surface area (Å²) in [6.07, 6.45) is 1.10. The molecular weight excluding hydrogens is 396 g/mol. The van der Waals surface area contributed by atoms with E-state index in [9.17, 15) is 14.4 Å². The molecule has 148 valence electrons. The molecule has 0 saturated heterocycles. The Labute approximate surface area is 170 Å². The molecule has 0 spiro atoms. The van der Waals surface area contributed by atoms with Crippen LogP contribution in [-0.4, -0.2) is 28.5 Å². The maximum Gasteiger partial charge on any atom is 0.267 e. The molecule has 1 aromatic heterocycles. The Hall–Kier alpha value is -3.65. The fourth-order valence-electron chi connectivity index (χ4n) is 2.66. The summed E-state index contributed by atoms with van der Waals surface area (Å²) in [5, 5.41) is 3.19. The first kappa shape index (κ1) is 20.1. The van der Waals surface area contributed by atoms with Crippen LogP contribution in [0.1, 0.15) is 10.4 Å². The largest absolute Gasteiger partial charge is 0.497 e. The third kappa shape index (κ3) is 4.61. The van der Waals surface area contributed by atoms with Gasteiger partial charge in [-0.2, -0.15) is 0 Å². The Kier molecular flexibility index (Phi) is 5.94. The van der Waals surface area contributed by atoms with Crippen LogP contribution in [0.4, 0.5) is 5.69 Å². The van der Waals surface area contributed by atoms with Gasteiger partial charge in [0.15, 0.2) is 0 Å². The zero-order valence-corrected chi connectivity index (χ0v) is 16.1. The van der Waals surface area contributed by atoms with Gasteiger partial charge in [0.2, 0.25) is 5.91 Å². The smallest absolute Gasteiger partial charge is 0.267 e. The van der Waals surface area contributed by atoms with Gasteiger partial charge in [0.05, 0.1) is 7.11 Å². The average molecular weight is 413 g/mol. The second-order valence-corrected chi connectivity index (χ2v) is 6.47. The predicted octanol–water partition coefficient (Wildman–Crippen LogP) is 2.31. The lowest BCUT2D eigenvalue weighted by Gasteiger charge is -2.13. The van der Waals surface area contributed by atoms with Gasteiger partial charge in [0, 0.05) is 22.5 Å². The number of nitrogens with zero attached hydrogens (tertiary/aromatic N) is 2. The molecule has 0 aliphatic rings. The lowest BCUT2D eigenvalue weighted by Crippen LogP contribution is -2.34. The van der Waals surface area contributed by atoms with Crippen molar-refractivity contribution in [3.8, 4) is 17.1 Å². The first-order valence-corrected chi connectivity index (χ1v) is 8.86. The molecule has 3 N–H and O–H groups in total. The predicted molar refractivity (Wildman–Crippen MR) is 109 cm³/mol. The van der Waals surface area contributed by atoms with Gasteiger partial charge in [-0.05, 0) is 48.5 Å². The molecule has 2 amide bonds. The fourth-order valence-corrected chi connectivity index (χ4v) is 2.78. The van der Waals surface area contributed by atoms with E-state index >= 15 is 0 Å². The molecule has 0 atom stereocenters. The van der Waals surface area contributed by atoms with Gasteiger partial charge in [0.1, 0.15) is 23.7 Å². The SMILES string of the molecule is COc1ccc(NC(=O)Cn2c(-c3ccc(Cl)cc3)ncc(C(N)=O)c2=O)cc1. The van der Waals surface area contributed by atoms with Crippen molar-refractivity contribution in [2.24, 2.45) is 5.73 Å². The molecule has 0 unspecified atom stereocenters. The van der Waals surface area contributed by atoms with Crippen molar-refractivity contribution in [3.63, 3.8) is 0 Å². The zero-order valence-electron chi connectivity index (χ0n) is 15.4. The van der Waals surface area contributed by atoms with Crippen LogP contribution < -0.4 is 21.3 Å². The number of hydrogen-bond acceptors (Lipinski definition) is 5. The van der Waals surface area contributed by atoms with Gasteiger partial charge in [-0.25, -0.2) is 4.98 Å². The number of carbonyl (C=O) groups excluding carboxylic acids is 2. The molecular formula is C20H17ClN4O4. The number of nitrogens with one attached hydrogen (secondary N) is 1. The number of rotatable bonds is 6. The monoisotopic (exact) mass is 412 g/mol. The molecule has 1 heterocycles. The van der Waals surface area contributed by atoms with Crippen molar-refractivity contribution < 1.29 is 14.3 Å². The van der Waals surface area contributed by atoms with Gasteiger partial charge >= 0.3 is 0 Å². The number of ether oxygens (including phenoxy) is 1. The van der Waals surface area contributed by atoms with Crippen molar-refractivity contribution in [3.05, 3.63) is 75.7 Å². The Morgan fingerprint density at radius 2 is 1.79 bits per heavy atom. The second kappa shape index (κ2) is 8.57. The van der Waals surface area contributed by atoms with Crippen LogP contribution >= 0.6 is 11.6 Å². The van der Waals surface area contributed by atoms with Gasteiger partial charge in [-0.1, -0.05) is 11.6 Å². The van der Waals surface area contributed by atoms with Crippen LogP contribution in [0.15, 0.2) is 59.5 Å². The molecule has 9 heteroatoms. The van der Waals surface area contributed by atoms with Crippen molar-refractivity contribution in [1.29, 1.82) is 0 Å². The van der Waals surface area contributed by atoms with Crippen LogP contribution in [-0.2, 0) is 11.3 Å². The quantitative estimate of drug-likeness (QED) is 0.644. The molecule has 3 rings (SSSR count). The van der Waals surface area contributed by atoms with E-state index in [1.54, 1.807) is 48.5 Å². The van der Waals surface area contributed by atoms with E-state index < -0.39 is 17.4 Å². The first-order chi connectivity index (χ1) is 13.9. The molecule has 3 aromatic rings. The van der Waals surface area contributed by atoms with E-state index in [4.69, 9.17) is 22.1 Å². The maximum atomic E-state index is 12.7. The average Bonchev–Trinajstić information content (AvgIpc) is 2.70. The summed E-state index contributed by atoms with van der Waals surface area (Å²) in [4.78, 5) is 41.0. The fraction of sp³-hybridized carbons (Fsp3) is 0.100. The normalized spacial score (nSPS) is 10.4. The summed E-state index contributed by atoms with van der Waals surface area (Å²) in [5.74, 6) is -0.547. The summed E-state index contributed by atoms with van der Waals surface area (Å²) in [7, 11) is 1.54. The summed E-state index contributed by atoms with van der Waals surface area (Å²) >= 11 is 5.91. The zero-order chi connectivity index (χ0) is 21.0. The molecule has 2 aromatic carbocycles. The highest BCUT2D eigenvalue weighted by Crippen LogP contribution is 2.19. The first-order valence-electron chi connectivity index (χ1n) is 8.48. The highest BCUT2D eigenvalue weighted by Gasteiger charge is 2.17. The molecule has 29 heavy (non-hydrogen) atoms. The topological polar surface area (TPSA) is 116 Å². The number of aromatic nitrogens is 2. The van der Waals surface area contributed by atoms with Crippen molar-refractivity contribution in [2.75, 3.05) is 12.4 Å². The molecule has 0 aliphatic heterocycles. The molecule has 0 bridgehead atoms. The Morgan fingerprint density at radius 3 is 2.38 bits per heavy atom. The highest BCUT2D eigenvalue weighted by molar-refractivity contribution is 6.30. The molecule has 8 nitrogen and oxygen atoms in total. The van der Waals surface area contributed by atoms with Crippen LogP contribution in [0, 0.1) is 0 Å². The Bertz CT molecular complexity index is 1110. The van der Waals surface area contributed by atoms with E-state index in [2.05, 4.69) is 10.3 Å². The number of nitrogens with two attached hydrogens (primary N) is 1. The third-order valence-corrected chi connectivity index (χ3v) is 4.34. The number of halogens is 1. The summed E-state index contributed by atoms with van der Waals surface area (Å²) in [5.41, 5.74) is 5.32. The van der Waals surface area contributed by atoms with Gasteiger partial charge in [0.25, 0.3) is 11.5 Å². The summed E-state index contributed by atoms with van der Waals surface area (Å²) < 4.78 is 6.17. The summed E-state index contributed by atoms with van der Waals surface area (Å²) in [6.45, 7) is -0.364. The standard InChI is InChI=1S/C20H17ClN4O4/c1-29-15-8-6-14(7-9-15)24-17(26)11-25-19(12-2-4-13(21)5-3-12)23-10-16(18(22)27)20(25)28/h2-10H,11H2,1H3,(H2,22,27)(H,24,26). The van der Waals surface area contributed by atoms with Gasteiger partial charge < -0.3 is 15.8 Å². The van der Waals surface area contributed by atoms with E-state index in [-0.39, 0.29) is 17.9 Å². The minimum atomic E-state index is -0.922. The minimum Gasteiger partial charge on any atom is -0.497 e. The summed E-state index contributed by atoms with van der Waals surface area (Å²) in [6, 6.07) is 13.3. The number of carbonyl (C=O) groups is 2. The van der Waals surface area contributed by atoms with E-state index in [0.717, 1.165) is 10.8 Å². The Balaban J connectivity index is 1.95. The van der Waals surface area contributed by atoms with Gasteiger partial charge in [-0.3, -0.25) is 19.0 Å². The van der Waals surface area contributed by atoms with Gasteiger partial charge in [-0.15, -0.1) is 0 Å². The lowest BCUT2D eigenvalue weighted by molar-refractivity contribution is -0.116. The number of anilines is 1. The number of hydrogen-bond donors (Lipinski definition) is 2. The number of primary amides is 1. The van der Waals surface area contributed by atoms with E-state index in [1.165, 1.54) is 7.11 Å². The molecule has 0 fully saturated rings. The molecule has 0 saturated carbocycles. The lowest BCUT2D eigenvalue weighted by atomic mass is 10.2. The minimum absolute atomic E-state index is 0.210. The van der Waals surface area contributed by atoms with E-state index in [1.807, 2.05) is 0 Å². The number of benzene rings is 2. The number of methoxy groups -OCH3 is 1. The van der Waals surface area contributed by atoms with Crippen molar-refractivity contribution >= 4 is 29.1 Å². The molecule has 0 aliphatic carbocycles. The van der Waals surface area contributed by atoms with Crippen LogP contribution in [0.25, 0.3) is 11.4 Å². The molecule has 0 radical (unpaired) electrons. The second-order valence-electron chi connectivity index (χ2n) is 6.03. The highest BCUT2D eigenvalue weighted by atomic mass is 35.5. The van der Waals surface area contributed by atoms with Crippen molar-refractivity contribution in [2.45, 2.75) is 6.54 Å². The Morgan fingerprint density at radius 1 is 1.14 bits per heavy atom. The maximum absolute atomic E-state index is 12.7. The van der Waals surface area contributed by atoms with Crippen LogP contribution in [0.5, 0.6) is 5.75 Å². The third-order valence-electron chi connectivity index (χ3n) is 4.09. The van der Waals surface area contributed by atoms with Crippen LogP contribution in [0.3, 0.4) is 0 Å². The van der Waals surface area contributed by atoms with E-state index in [0.29, 0.717) is 22.0 Å².